The van der Waals surface area contributed by atoms with Crippen LogP contribution < -0.4 is 25.5 Å². The van der Waals surface area contributed by atoms with Crippen molar-refractivity contribution in [3.8, 4) is 33.8 Å². The van der Waals surface area contributed by atoms with Gasteiger partial charge in [0.15, 0.2) is 0 Å². The van der Waals surface area contributed by atoms with Crippen LogP contribution in [0.25, 0.3) is 53.5 Å². The Morgan fingerprint density at radius 2 is 1.26 bits per heavy atom. The minimum atomic E-state index is -0.137. The molecule has 0 saturated carbocycles. The van der Waals surface area contributed by atoms with Gasteiger partial charge in [0.2, 0.25) is 0 Å². The van der Waals surface area contributed by atoms with Crippen LogP contribution in [0.4, 0.5) is 34.1 Å². The molecule has 0 saturated heterocycles. The van der Waals surface area contributed by atoms with E-state index in [1.807, 2.05) is 23.1 Å². The van der Waals surface area contributed by atoms with E-state index in [2.05, 4.69) is 236 Å². The lowest BCUT2D eigenvalue weighted by Gasteiger charge is -2.42. The molecule has 0 spiro atoms. The van der Waals surface area contributed by atoms with Crippen LogP contribution in [0.15, 0.2) is 204 Å². The van der Waals surface area contributed by atoms with Crippen LogP contribution in [-0.2, 0) is 5.41 Å². The molecular weight excluding hydrogens is 866 g/mol. The van der Waals surface area contributed by atoms with E-state index in [4.69, 9.17) is 4.74 Å². The SMILES string of the molecule is Cc1cc2c3c(c1)N(c1ccc(C(C)(C)C)cc1-c1ccccc1)c1cc4c(cc1B3n1c3sc5ccccc5c3c3c(N(c5ccccc5)c5ccccc5)ccc-2c31)Sc1ccccc1O4. The first-order valence-electron chi connectivity index (χ1n) is 23.4. The Kier molecular flexibility index (Phi) is 8.63. The van der Waals surface area contributed by atoms with Gasteiger partial charge in [-0.2, -0.15) is 0 Å². The third kappa shape index (κ3) is 5.82. The molecule has 9 aromatic carbocycles. The normalized spacial score (nSPS) is 13.3. The number of hydrogen-bond donors (Lipinski definition) is 0. The number of thiophene rings is 1. The zero-order valence-corrected chi connectivity index (χ0v) is 39.8. The second-order valence-electron chi connectivity index (χ2n) is 19.4. The number of ether oxygens (including phenoxy) is 1. The molecule has 4 nitrogen and oxygen atoms in total. The van der Waals surface area contributed by atoms with Crippen molar-refractivity contribution in [3.05, 3.63) is 205 Å². The molecule has 0 aliphatic carbocycles. The van der Waals surface area contributed by atoms with Gasteiger partial charge in [0.05, 0.1) is 26.0 Å². The molecule has 0 amide bonds. The van der Waals surface area contributed by atoms with E-state index in [0.29, 0.717) is 0 Å². The predicted molar refractivity (Wildman–Crippen MR) is 290 cm³/mol. The number of benzene rings is 9. The van der Waals surface area contributed by atoms with E-state index < -0.39 is 0 Å². The maximum atomic E-state index is 6.90. The molecule has 0 radical (unpaired) electrons. The van der Waals surface area contributed by atoms with Gasteiger partial charge >= 0.3 is 6.85 Å². The van der Waals surface area contributed by atoms with Crippen LogP contribution in [0.1, 0.15) is 31.9 Å². The summed E-state index contributed by atoms with van der Waals surface area (Å²) in [5, 5.41) is 3.86. The van der Waals surface area contributed by atoms with Gasteiger partial charge in [0.25, 0.3) is 0 Å². The molecule has 0 atom stereocenters. The fourth-order valence-electron chi connectivity index (χ4n) is 11.2. The molecule has 14 rings (SSSR count). The number of fused-ring (bicyclic) bond motifs is 11. The lowest BCUT2D eigenvalue weighted by molar-refractivity contribution is 0.455. The van der Waals surface area contributed by atoms with E-state index in [-0.39, 0.29) is 12.3 Å². The number of nitrogens with zero attached hydrogens (tertiary/aromatic N) is 3. The minimum Gasteiger partial charge on any atom is -0.455 e. The second kappa shape index (κ2) is 14.8. The average Bonchev–Trinajstić information content (AvgIpc) is 3.90. The molecule has 5 heterocycles. The van der Waals surface area contributed by atoms with Crippen LogP contribution in [0.5, 0.6) is 11.5 Å². The first-order chi connectivity index (χ1) is 33.3. The first kappa shape index (κ1) is 39.7. The zero-order valence-electron chi connectivity index (χ0n) is 38.1. The highest BCUT2D eigenvalue weighted by Crippen LogP contribution is 2.55. The molecule has 324 valence electrons. The Balaban J connectivity index is 1.12. The maximum Gasteiger partial charge on any atom is 0.333 e. The summed E-state index contributed by atoms with van der Waals surface area (Å²) in [6.45, 7) is 9.05. The summed E-state index contributed by atoms with van der Waals surface area (Å²) in [6.07, 6.45) is 0. The minimum absolute atomic E-state index is 0.0401. The van der Waals surface area contributed by atoms with Crippen molar-refractivity contribution in [2.75, 3.05) is 9.80 Å². The Morgan fingerprint density at radius 1 is 0.559 bits per heavy atom. The summed E-state index contributed by atoms with van der Waals surface area (Å²) < 4.78 is 10.9. The third-order valence-corrected chi connectivity index (χ3v) is 16.4. The standard InChI is InChI=1S/C61H44BN3OS2/c1-37-32-45-42-29-31-48(63(40-20-10-6-11-21-40)41-22-12-7-13-23-41)57-56-43-24-14-16-26-53(43)68-60(56)65(59(42)57)62-46-35-55-52(66-51-25-15-17-27-54(51)67-55)36-49(46)64(50(33-37)58(45)62)47-30-28-39(61(2,3)4)34-44(47)38-18-8-5-9-19-38/h5-36H,1-4H3. The number of rotatable bonds is 5. The monoisotopic (exact) mass is 909 g/mol. The molecule has 3 aliphatic rings. The average molecular weight is 910 g/mol. The van der Waals surface area contributed by atoms with Crippen LogP contribution in [0, 0.1) is 6.92 Å². The van der Waals surface area contributed by atoms with E-state index in [0.717, 1.165) is 44.0 Å². The molecule has 0 unspecified atom stereocenters. The van der Waals surface area contributed by atoms with Crippen molar-refractivity contribution in [1.29, 1.82) is 0 Å². The molecule has 0 fully saturated rings. The topological polar surface area (TPSA) is 20.6 Å². The summed E-state index contributed by atoms with van der Waals surface area (Å²) >= 11 is 3.72. The van der Waals surface area contributed by atoms with Crippen molar-refractivity contribution in [2.45, 2.75) is 42.9 Å². The van der Waals surface area contributed by atoms with Crippen molar-refractivity contribution in [1.82, 2.24) is 4.48 Å². The highest BCUT2D eigenvalue weighted by Gasteiger charge is 2.45. The summed E-state index contributed by atoms with van der Waals surface area (Å²) in [5.74, 6) is 1.77. The van der Waals surface area contributed by atoms with Crippen LogP contribution in [0.2, 0.25) is 0 Å². The zero-order chi connectivity index (χ0) is 45.4. The molecule has 2 aromatic heterocycles. The molecule has 0 N–H and O–H groups in total. The van der Waals surface area contributed by atoms with E-state index >= 15 is 0 Å². The van der Waals surface area contributed by atoms with Crippen molar-refractivity contribution in [2.24, 2.45) is 0 Å². The third-order valence-electron chi connectivity index (χ3n) is 14.2. The van der Waals surface area contributed by atoms with E-state index in [1.54, 1.807) is 0 Å². The highest BCUT2D eigenvalue weighted by molar-refractivity contribution is 7.99. The van der Waals surface area contributed by atoms with Gasteiger partial charge in [-0.3, -0.25) is 0 Å². The van der Waals surface area contributed by atoms with E-state index in [1.165, 1.54) is 86.9 Å². The summed E-state index contributed by atoms with van der Waals surface area (Å²) in [7, 11) is 0. The second-order valence-corrected chi connectivity index (χ2v) is 21.5. The molecule has 68 heavy (non-hydrogen) atoms. The van der Waals surface area contributed by atoms with Gasteiger partial charge in [0.1, 0.15) is 11.5 Å². The largest absolute Gasteiger partial charge is 0.455 e. The molecule has 0 bridgehead atoms. The van der Waals surface area contributed by atoms with Crippen LogP contribution in [-0.4, -0.2) is 11.3 Å². The Bertz CT molecular complexity index is 3830. The van der Waals surface area contributed by atoms with Gasteiger partial charge in [-0.05, 0) is 118 Å². The van der Waals surface area contributed by atoms with Crippen molar-refractivity contribution in [3.63, 3.8) is 0 Å². The maximum absolute atomic E-state index is 6.90. The Hall–Kier alpha value is -7.45. The number of hydrogen-bond acceptors (Lipinski definition) is 5. The highest BCUT2D eigenvalue weighted by atomic mass is 32.2. The van der Waals surface area contributed by atoms with Gasteiger partial charge in [-0.25, -0.2) is 0 Å². The number of aryl methyl sites for hydroxylation is 1. The summed E-state index contributed by atoms with van der Waals surface area (Å²) in [5.41, 5.74) is 18.1. The number of anilines is 6. The summed E-state index contributed by atoms with van der Waals surface area (Å²) in [6, 6.07) is 71.7. The fourth-order valence-corrected chi connectivity index (χ4v) is 13.4. The fraction of sp³-hybridized carbons (Fsp3) is 0.0820. The Morgan fingerprint density at radius 3 is 2.03 bits per heavy atom. The molecule has 7 heteroatoms. The molecule has 3 aliphatic heterocycles. The quantitative estimate of drug-likeness (QED) is 0.160. The van der Waals surface area contributed by atoms with Gasteiger partial charge < -0.3 is 19.0 Å². The summed E-state index contributed by atoms with van der Waals surface area (Å²) in [4.78, 5) is 8.56. The smallest absolute Gasteiger partial charge is 0.333 e. The molecule has 11 aromatic rings. The molecular formula is C61H44BN3OS2. The number of aromatic nitrogens is 1. The van der Waals surface area contributed by atoms with Gasteiger partial charge in [0, 0.05) is 66.3 Å². The Labute approximate surface area is 404 Å². The lowest BCUT2D eigenvalue weighted by Crippen LogP contribution is -2.56. The van der Waals surface area contributed by atoms with Crippen LogP contribution >= 0.6 is 23.1 Å². The van der Waals surface area contributed by atoms with Crippen molar-refractivity contribution < 1.29 is 4.74 Å². The van der Waals surface area contributed by atoms with Gasteiger partial charge in [-0.1, -0.05) is 148 Å². The predicted octanol–water partition coefficient (Wildman–Crippen LogP) is 16.4. The first-order valence-corrected chi connectivity index (χ1v) is 25.1. The van der Waals surface area contributed by atoms with Crippen LogP contribution in [0.3, 0.4) is 0 Å². The number of para-hydroxylation sites is 3. The van der Waals surface area contributed by atoms with E-state index in [9.17, 15) is 0 Å². The van der Waals surface area contributed by atoms with Gasteiger partial charge in [-0.15, -0.1) is 11.3 Å². The lowest BCUT2D eigenvalue weighted by atomic mass is 9.45. The van der Waals surface area contributed by atoms with Crippen molar-refractivity contribution >= 4 is 106 Å².